The summed E-state index contributed by atoms with van der Waals surface area (Å²) in [6.45, 7) is 0.225. The van der Waals surface area contributed by atoms with Crippen molar-refractivity contribution in [3.8, 4) is 11.5 Å². The van der Waals surface area contributed by atoms with Crippen LogP contribution >= 0.6 is 0 Å². The van der Waals surface area contributed by atoms with E-state index in [0.717, 1.165) is 11.1 Å². The fourth-order valence-corrected chi connectivity index (χ4v) is 3.03. The molecule has 5 nitrogen and oxygen atoms in total. The predicted molar refractivity (Wildman–Crippen MR) is 82.4 cm³/mol. The molecule has 0 amide bonds. The monoisotopic (exact) mass is 314 g/mol. The summed E-state index contributed by atoms with van der Waals surface area (Å²) in [4.78, 5) is 4.32. The summed E-state index contributed by atoms with van der Waals surface area (Å²) in [5.74, 6) is 0.538. The summed E-state index contributed by atoms with van der Waals surface area (Å²) < 4.78 is 32.0. The van der Waals surface area contributed by atoms with Crippen molar-refractivity contribution in [1.29, 1.82) is 0 Å². The topological polar surface area (TPSA) is 72.2 Å². The van der Waals surface area contributed by atoms with Gasteiger partial charge in [-0.1, -0.05) is 30.3 Å². The Morgan fingerprint density at radius 1 is 1.00 bits per heavy atom. The van der Waals surface area contributed by atoms with Crippen LogP contribution in [0.15, 0.2) is 76.4 Å². The van der Waals surface area contributed by atoms with Crippen molar-refractivity contribution in [2.24, 2.45) is 0 Å². The van der Waals surface area contributed by atoms with E-state index in [1.165, 1.54) is 6.26 Å². The zero-order valence-electron chi connectivity index (χ0n) is 11.6. The SMILES string of the molecule is O=S(=O)(NCc1ccc(-c2ncco2)cc1)c1ccccc1. The van der Waals surface area contributed by atoms with E-state index >= 15 is 0 Å². The highest BCUT2D eigenvalue weighted by Crippen LogP contribution is 2.17. The molecule has 3 aromatic rings. The lowest BCUT2D eigenvalue weighted by atomic mass is 10.1. The molecule has 0 radical (unpaired) electrons. The van der Waals surface area contributed by atoms with Crippen LogP contribution in [-0.4, -0.2) is 13.4 Å². The molecular formula is C16H14N2O3S. The summed E-state index contributed by atoms with van der Waals surface area (Å²) in [5.41, 5.74) is 1.70. The number of rotatable bonds is 5. The Bertz CT molecular complexity index is 827. The second kappa shape index (κ2) is 6.13. The average Bonchev–Trinajstić information content (AvgIpc) is 3.09. The van der Waals surface area contributed by atoms with Crippen LogP contribution in [0.2, 0.25) is 0 Å². The van der Waals surface area contributed by atoms with Gasteiger partial charge in [-0.2, -0.15) is 0 Å². The maximum atomic E-state index is 12.1. The van der Waals surface area contributed by atoms with E-state index in [1.807, 2.05) is 24.3 Å². The lowest BCUT2D eigenvalue weighted by molar-refractivity contribution is 0.574. The summed E-state index contributed by atoms with van der Waals surface area (Å²) in [6, 6.07) is 15.7. The van der Waals surface area contributed by atoms with Crippen molar-refractivity contribution < 1.29 is 12.8 Å². The molecule has 0 aliphatic heterocycles. The van der Waals surface area contributed by atoms with Crippen LogP contribution in [0.3, 0.4) is 0 Å². The van der Waals surface area contributed by atoms with Crippen LogP contribution in [0, 0.1) is 0 Å². The molecule has 1 aromatic heterocycles. The minimum absolute atomic E-state index is 0.225. The zero-order valence-corrected chi connectivity index (χ0v) is 12.5. The Kier molecular flexibility index (Phi) is 4.04. The molecule has 3 rings (SSSR count). The Hall–Kier alpha value is -2.44. The third kappa shape index (κ3) is 3.24. The second-order valence-electron chi connectivity index (χ2n) is 4.67. The molecule has 0 saturated heterocycles. The minimum atomic E-state index is -3.49. The van der Waals surface area contributed by atoms with Crippen molar-refractivity contribution in [2.45, 2.75) is 11.4 Å². The number of benzene rings is 2. The molecule has 2 aromatic carbocycles. The minimum Gasteiger partial charge on any atom is -0.445 e. The highest BCUT2D eigenvalue weighted by atomic mass is 32.2. The van der Waals surface area contributed by atoms with Gasteiger partial charge in [-0.15, -0.1) is 0 Å². The molecule has 0 atom stereocenters. The fourth-order valence-electron chi connectivity index (χ4n) is 1.99. The molecular weight excluding hydrogens is 300 g/mol. The Morgan fingerprint density at radius 2 is 1.73 bits per heavy atom. The lowest BCUT2D eigenvalue weighted by Crippen LogP contribution is -2.23. The van der Waals surface area contributed by atoms with Crippen LogP contribution in [-0.2, 0) is 16.6 Å². The van der Waals surface area contributed by atoms with Crippen molar-refractivity contribution in [3.05, 3.63) is 72.6 Å². The number of aromatic nitrogens is 1. The van der Waals surface area contributed by atoms with Gasteiger partial charge in [0.05, 0.1) is 11.1 Å². The first-order valence-electron chi connectivity index (χ1n) is 6.69. The molecule has 0 bridgehead atoms. The van der Waals surface area contributed by atoms with Crippen molar-refractivity contribution in [3.63, 3.8) is 0 Å². The second-order valence-corrected chi connectivity index (χ2v) is 6.44. The van der Waals surface area contributed by atoms with Gasteiger partial charge in [-0.3, -0.25) is 0 Å². The van der Waals surface area contributed by atoms with Gasteiger partial charge < -0.3 is 4.42 Å². The van der Waals surface area contributed by atoms with E-state index in [-0.39, 0.29) is 11.4 Å². The first kappa shape index (κ1) is 14.5. The van der Waals surface area contributed by atoms with Gasteiger partial charge in [-0.25, -0.2) is 18.1 Å². The van der Waals surface area contributed by atoms with Crippen LogP contribution in [0.1, 0.15) is 5.56 Å². The summed E-state index contributed by atoms with van der Waals surface area (Å²) in [5, 5.41) is 0. The van der Waals surface area contributed by atoms with Gasteiger partial charge >= 0.3 is 0 Å². The van der Waals surface area contributed by atoms with Crippen molar-refractivity contribution >= 4 is 10.0 Å². The average molecular weight is 314 g/mol. The van der Waals surface area contributed by atoms with Crippen LogP contribution < -0.4 is 4.72 Å². The molecule has 6 heteroatoms. The zero-order chi connectivity index (χ0) is 15.4. The van der Waals surface area contributed by atoms with Gasteiger partial charge in [0.1, 0.15) is 6.26 Å². The van der Waals surface area contributed by atoms with Crippen LogP contribution in [0.4, 0.5) is 0 Å². The maximum absolute atomic E-state index is 12.1. The molecule has 0 aliphatic carbocycles. The summed E-state index contributed by atoms with van der Waals surface area (Å²) in [6.07, 6.45) is 3.09. The normalized spacial score (nSPS) is 11.5. The van der Waals surface area contributed by atoms with Crippen LogP contribution in [0.25, 0.3) is 11.5 Å². The van der Waals surface area contributed by atoms with Gasteiger partial charge in [0.25, 0.3) is 0 Å². The molecule has 22 heavy (non-hydrogen) atoms. The first-order chi connectivity index (χ1) is 10.6. The van der Waals surface area contributed by atoms with E-state index in [1.54, 1.807) is 36.5 Å². The molecule has 0 spiro atoms. The molecule has 0 unspecified atom stereocenters. The maximum Gasteiger partial charge on any atom is 0.240 e. The summed E-state index contributed by atoms with van der Waals surface area (Å²) in [7, 11) is -3.49. The first-order valence-corrected chi connectivity index (χ1v) is 8.17. The Labute approximate surface area is 128 Å². The molecule has 1 heterocycles. The number of nitrogens with one attached hydrogen (secondary N) is 1. The predicted octanol–water partition coefficient (Wildman–Crippen LogP) is 2.82. The Balaban J connectivity index is 1.69. The third-order valence-corrected chi connectivity index (χ3v) is 4.57. The van der Waals surface area contributed by atoms with E-state index < -0.39 is 10.0 Å². The number of hydrogen-bond donors (Lipinski definition) is 1. The molecule has 0 fully saturated rings. The highest BCUT2D eigenvalue weighted by Gasteiger charge is 2.12. The lowest BCUT2D eigenvalue weighted by Gasteiger charge is -2.07. The Morgan fingerprint density at radius 3 is 2.36 bits per heavy atom. The van der Waals surface area contributed by atoms with Crippen LogP contribution in [0.5, 0.6) is 0 Å². The smallest absolute Gasteiger partial charge is 0.240 e. The molecule has 112 valence electrons. The van der Waals surface area contributed by atoms with Crippen molar-refractivity contribution in [1.82, 2.24) is 9.71 Å². The number of nitrogens with zero attached hydrogens (tertiary/aromatic N) is 1. The summed E-state index contributed by atoms with van der Waals surface area (Å²) >= 11 is 0. The quantitative estimate of drug-likeness (QED) is 0.786. The fraction of sp³-hybridized carbons (Fsp3) is 0.0625. The third-order valence-electron chi connectivity index (χ3n) is 3.15. The van der Waals surface area contributed by atoms with Gasteiger partial charge in [0.2, 0.25) is 15.9 Å². The molecule has 1 N–H and O–H groups in total. The highest BCUT2D eigenvalue weighted by molar-refractivity contribution is 7.89. The van der Waals surface area contributed by atoms with Gasteiger partial charge in [-0.05, 0) is 29.8 Å². The number of hydrogen-bond acceptors (Lipinski definition) is 4. The standard InChI is InChI=1S/C16H14N2O3S/c19-22(20,15-4-2-1-3-5-15)18-12-13-6-8-14(9-7-13)16-17-10-11-21-16/h1-11,18H,12H2. The number of oxazole rings is 1. The van der Waals surface area contributed by atoms with E-state index in [0.29, 0.717) is 5.89 Å². The largest absolute Gasteiger partial charge is 0.445 e. The van der Waals surface area contributed by atoms with E-state index in [4.69, 9.17) is 4.42 Å². The number of sulfonamides is 1. The van der Waals surface area contributed by atoms with Gasteiger partial charge in [0.15, 0.2) is 0 Å². The molecule has 0 saturated carbocycles. The molecule has 0 aliphatic rings. The van der Waals surface area contributed by atoms with E-state index in [9.17, 15) is 8.42 Å². The van der Waals surface area contributed by atoms with E-state index in [2.05, 4.69) is 9.71 Å². The van der Waals surface area contributed by atoms with Crippen molar-refractivity contribution in [2.75, 3.05) is 0 Å². The van der Waals surface area contributed by atoms with Gasteiger partial charge in [0, 0.05) is 12.1 Å².